The van der Waals surface area contributed by atoms with Gasteiger partial charge in [0.15, 0.2) is 0 Å². The van der Waals surface area contributed by atoms with Crippen LogP contribution in [0.2, 0.25) is 0 Å². The molecule has 23 heavy (non-hydrogen) atoms. The van der Waals surface area contributed by atoms with E-state index in [1.54, 1.807) is 0 Å². The Kier molecular flexibility index (Phi) is 8.55. The second kappa shape index (κ2) is 9.88. The predicted molar refractivity (Wildman–Crippen MR) is 99.3 cm³/mol. The van der Waals surface area contributed by atoms with Gasteiger partial charge in [0.1, 0.15) is 4.32 Å². The van der Waals surface area contributed by atoms with E-state index in [1.165, 1.54) is 22.2 Å². The second-order valence-electron chi connectivity index (χ2n) is 6.09. The Morgan fingerprint density at radius 2 is 2.13 bits per heavy atom. The van der Waals surface area contributed by atoms with Crippen LogP contribution in [0.5, 0.6) is 0 Å². The van der Waals surface area contributed by atoms with E-state index in [0.29, 0.717) is 28.1 Å². The van der Waals surface area contributed by atoms with Crippen LogP contribution in [0.15, 0.2) is 22.6 Å². The summed E-state index contributed by atoms with van der Waals surface area (Å²) < 4.78 is 0.531. The highest BCUT2D eigenvalue weighted by Gasteiger charge is 2.31. The molecule has 128 valence electrons. The van der Waals surface area contributed by atoms with Gasteiger partial charge in [-0.15, -0.1) is 0 Å². The Balaban J connectivity index is 2.48. The van der Waals surface area contributed by atoms with Crippen LogP contribution in [0.1, 0.15) is 52.9 Å². The Morgan fingerprint density at radius 3 is 2.74 bits per heavy atom. The lowest BCUT2D eigenvalue weighted by Gasteiger charge is -2.13. The summed E-state index contributed by atoms with van der Waals surface area (Å²) in [6.45, 7) is 6.76. The molecule has 1 heterocycles. The summed E-state index contributed by atoms with van der Waals surface area (Å²) in [5, 5.41) is 8.66. The Hall–Kier alpha value is -1.14. The third-order valence-corrected chi connectivity index (χ3v) is 4.99. The molecule has 4 nitrogen and oxygen atoms in total. The first-order valence-electron chi connectivity index (χ1n) is 7.90. The molecular weight excluding hydrogens is 330 g/mol. The molecule has 0 aliphatic carbocycles. The number of carboxylic acids is 1. The summed E-state index contributed by atoms with van der Waals surface area (Å²) >= 11 is 6.55. The molecule has 1 aliphatic rings. The fourth-order valence-electron chi connectivity index (χ4n) is 2.20. The van der Waals surface area contributed by atoms with E-state index < -0.39 is 5.97 Å². The molecule has 0 spiro atoms. The van der Waals surface area contributed by atoms with Gasteiger partial charge in [-0.25, -0.2) is 0 Å². The Morgan fingerprint density at radius 1 is 1.43 bits per heavy atom. The fraction of sp³-hybridized carbons (Fsp3) is 0.588. The molecule has 1 amide bonds. The third kappa shape index (κ3) is 7.31. The summed E-state index contributed by atoms with van der Waals surface area (Å²) in [4.78, 5) is 25.0. The van der Waals surface area contributed by atoms with E-state index >= 15 is 0 Å². The normalized spacial score (nSPS) is 17.7. The average Bonchev–Trinajstić information content (AvgIpc) is 2.71. The van der Waals surface area contributed by atoms with Crippen LogP contribution >= 0.6 is 24.0 Å². The van der Waals surface area contributed by atoms with Crippen molar-refractivity contribution in [1.29, 1.82) is 0 Å². The summed E-state index contributed by atoms with van der Waals surface area (Å²) in [5.41, 5.74) is 1.33. The number of hydrogen-bond acceptors (Lipinski definition) is 4. The molecule has 0 radical (unpaired) electrons. The number of allylic oxidation sites excluding steroid dienone is 3. The van der Waals surface area contributed by atoms with Gasteiger partial charge in [-0.3, -0.25) is 14.5 Å². The zero-order valence-corrected chi connectivity index (χ0v) is 15.6. The summed E-state index contributed by atoms with van der Waals surface area (Å²) in [7, 11) is 0. The quantitative estimate of drug-likeness (QED) is 0.378. The monoisotopic (exact) mass is 355 g/mol. The van der Waals surface area contributed by atoms with Crippen molar-refractivity contribution in [2.45, 2.75) is 52.9 Å². The first kappa shape index (κ1) is 19.9. The predicted octanol–water partition coefficient (Wildman–Crippen LogP) is 4.37. The number of hydrogen-bond donors (Lipinski definition) is 1. The van der Waals surface area contributed by atoms with Crippen LogP contribution in [-0.4, -0.2) is 32.7 Å². The minimum Gasteiger partial charge on any atom is -0.481 e. The summed E-state index contributed by atoms with van der Waals surface area (Å²) in [6.07, 6.45) is 7.71. The maximum atomic E-state index is 12.3. The number of thiocarbonyl (C=S) groups is 1. The molecule has 1 aliphatic heterocycles. The topological polar surface area (TPSA) is 57.6 Å². The number of rotatable bonds is 9. The zero-order chi connectivity index (χ0) is 17.4. The lowest BCUT2D eigenvalue weighted by molar-refractivity contribution is -0.137. The van der Waals surface area contributed by atoms with Gasteiger partial charge in [-0.2, -0.15) is 0 Å². The first-order chi connectivity index (χ1) is 10.8. The zero-order valence-electron chi connectivity index (χ0n) is 14.0. The maximum Gasteiger partial charge on any atom is 0.303 e. The number of carbonyl (C=O) groups excluding carboxylic acids is 1. The molecule has 0 saturated carbocycles. The van der Waals surface area contributed by atoms with Crippen molar-refractivity contribution in [2.75, 3.05) is 6.54 Å². The lowest BCUT2D eigenvalue weighted by Crippen LogP contribution is -2.29. The van der Waals surface area contributed by atoms with E-state index in [4.69, 9.17) is 17.3 Å². The third-order valence-electron chi connectivity index (χ3n) is 3.56. The van der Waals surface area contributed by atoms with Crippen molar-refractivity contribution in [3.05, 3.63) is 22.6 Å². The molecular formula is C17H25NO3S2. The Labute approximate surface area is 148 Å². The fourth-order valence-corrected chi connectivity index (χ4v) is 3.49. The van der Waals surface area contributed by atoms with Crippen LogP contribution in [0.25, 0.3) is 0 Å². The van der Waals surface area contributed by atoms with E-state index in [0.717, 1.165) is 19.3 Å². The van der Waals surface area contributed by atoms with E-state index in [2.05, 4.69) is 26.8 Å². The van der Waals surface area contributed by atoms with Gasteiger partial charge < -0.3 is 5.11 Å². The van der Waals surface area contributed by atoms with Gasteiger partial charge in [0.2, 0.25) is 0 Å². The number of aliphatic carboxylic acids is 1. The van der Waals surface area contributed by atoms with Crippen molar-refractivity contribution >= 4 is 40.2 Å². The van der Waals surface area contributed by atoms with E-state index in [9.17, 15) is 9.59 Å². The molecule has 0 aromatic rings. The molecule has 0 bridgehead atoms. The lowest BCUT2D eigenvalue weighted by atomic mass is 10.0. The van der Waals surface area contributed by atoms with Gasteiger partial charge in [-0.1, -0.05) is 48.6 Å². The van der Waals surface area contributed by atoms with Crippen molar-refractivity contribution in [2.24, 2.45) is 5.92 Å². The minimum atomic E-state index is -0.851. The highest BCUT2D eigenvalue weighted by atomic mass is 32.2. The van der Waals surface area contributed by atoms with Gasteiger partial charge in [0.05, 0.1) is 4.91 Å². The largest absolute Gasteiger partial charge is 0.481 e. The standard InChI is InChI=1S/C17H25NO3S2/c1-12(2)6-4-7-13(3)9-10-14-16(21)18(17(22)23-14)11-5-8-15(19)20/h6,10,13H,4-5,7-9,11H2,1-3H3,(H,19,20)/b14-10-. The molecule has 0 aromatic carbocycles. The molecule has 1 N–H and O–H groups in total. The van der Waals surface area contributed by atoms with E-state index in [-0.39, 0.29) is 12.3 Å². The SMILES string of the molecule is CC(C)=CCCC(C)C/C=C1\SC(=S)N(CCCC(=O)O)C1=O. The smallest absolute Gasteiger partial charge is 0.303 e. The van der Waals surface area contributed by atoms with Crippen LogP contribution in [-0.2, 0) is 9.59 Å². The molecule has 1 saturated heterocycles. The van der Waals surface area contributed by atoms with Crippen molar-refractivity contribution in [3.8, 4) is 0 Å². The number of carbonyl (C=O) groups is 2. The number of nitrogens with zero attached hydrogens (tertiary/aromatic N) is 1. The van der Waals surface area contributed by atoms with Crippen molar-refractivity contribution < 1.29 is 14.7 Å². The number of thioether (sulfide) groups is 1. The summed E-state index contributed by atoms with van der Waals surface area (Å²) in [6, 6.07) is 0. The molecule has 0 aromatic heterocycles. The van der Waals surface area contributed by atoms with Crippen molar-refractivity contribution in [1.82, 2.24) is 4.90 Å². The average molecular weight is 356 g/mol. The maximum absolute atomic E-state index is 12.3. The molecule has 1 atom stereocenters. The van der Waals surface area contributed by atoms with Crippen LogP contribution in [0, 0.1) is 5.92 Å². The molecule has 1 unspecified atom stereocenters. The number of carboxylic acid groups (broad SMARTS) is 1. The number of amides is 1. The summed E-state index contributed by atoms with van der Waals surface area (Å²) in [5.74, 6) is -0.417. The van der Waals surface area contributed by atoms with Gasteiger partial charge >= 0.3 is 5.97 Å². The molecule has 1 rings (SSSR count). The van der Waals surface area contributed by atoms with Gasteiger partial charge in [0, 0.05) is 13.0 Å². The van der Waals surface area contributed by atoms with Crippen LogP contribution in [0.4, 0.5) is 0 Å². The Bertz CT molecular complexity index is 522. The minimum absolute atomic E-state index is 0.0531. The van der Waals surface area contributed by atoms with Gasteiger partial charge in [0.25, 0.3) is 5.91 Å². The first-order valence-corrected chi connectivity index (χ1v) is 9.12. The second-order valence-corrected chi connectivity index (χ2v) is 7.77. The van der Waals surface area contributed by atoms with Gasteiger partial charge in [-0.05, 0) is 45.4 Å². The van der Waals surface area contributed by atoms with E-state index in [1.807, 2.05) is 6.08 Å². The highest BCUT2D eigenvalue weighted by molar-refractivity contribution is 8.26. The van der Waals surface area contributed by atoms with Crippen LogP contribution in [0.3, 0.4) is 0 Å². The highest BCUT2D eigenvalue weighted by Crippen LogP contribution is 2.32. The molecule has 6 heteroatoms. The molecule has 1 fully saturated rings. The van der Waals surface area contributed by atoms with Crippen molar-refractivity contribution in [3.63, 3.8) is 0 Å². The van der Waals surface area contributed by atoms with Crippen LogP contribution < -0.4 is 0 Å².